The van der Waals surface area contributed by atoms with Crippen molar-refractivity contribution in [3.8, 4) is 0 Å². The Hall–Kier alpha value is 1.27. The zero-order valence-corrected chi connectivity index (χ0v) is 13.2. The normalized spacial score (nSPS) is 8.46. The third-order valence-corrected chi connectivity index (χ3v) is 1.86. The SMILES string of the molecule is CCC[n+]1ccn(C)c1C.I.[Li][I]. The standard InChI is InChI=1S/C8H15N2.2HI.Li/c1-4-5-10-7-6-9(3)8(10)2;;;/h6-7H,4-5H2,1-3H3;2*1H;/q+1;;;+1/p-1. The molecule has 0 radical (unpaired) electrons. The molecular formula is C8H16I2LiN2+. The summed E-state index contributed by atoms with van der Waals surface area (Å²) in [6.07, 6.45) is 5.42. The quantitative estimate of drug-likeness (QED) is 0.408. The molecular weight excluding hydrogens is 385 g/mol. The van der Waals surface area contributed by atoms with Gasteiger partial charge < -0.3 is 0 Å². The van der Waals surface area contributed by atoms with Gasteiger partial charge in [0.1, 0.15) is 12.4 Å². The first-order valence-corrected chi connectivity index (χ1v) is 6.30. The van der Waals surface area contributed by atoms with Crippen molar-refractivity contribution in [2.75, 3.05) is 0 Å². The van der Waals surface area contributed by atoms with Crippen molar-refractivity contribution in [2.45, 2.75) is 26.8 Å². The van der Waals surface area contributed by atoms with Crippen LogP contribution in [0.3, 0.4) is 0 Å². The fourth-order valence-corrected chi connectivity index (χ4v) is 1.08. The molecule has 1 aromatic rings. The molecule has 1 heterocycles. The van der Waals surface area contributed by atoms with Crippen LogP contribution in [0.1, 0.15) is 19.2 Å². The van der Waals surface area contributed by atoms with Gasteiger partial charge in [-0.05, 0) is 6.42 Å². The Morgan fingerprint density at radius 3 is 2.38 bits per heavy atom. The molecule has 0 saturated heterocycles. The molecule has 0 fully saturated rings. The molecule has 0 aliphatic rings. The molecule has 2 nitrogen and oxygen atoms in total. The Morgan fingerprint density at radius 1 is 1.54 bits per heavy atom. The van der Waals surface area contributed by atoms with Gasteiger partial charge in [-0.15, -0.1) is 24.0 Å². The number of rotatable bonds is 2. The summed E-state index contributed by atoms with van der Waals surface area (Å²) in [5, 5.41) is 0. The zero-order valence-electron chi connectivity index (χ0n) is 8.75. The number of halogens is 2. The van der Waals surface area contributed by atoms with Gasteiger partial charge in [-0.2, -0.15) is 0 Å². The number of hydrogen-bond donors (Lipinski definition) is 0. The number of nitrogens with zero attached hydrogens (tertiary/aromatic N) is 2. The second-order valence-electron chi connectivity index (χ2n) is 2.65. The monoisotopic (exact) mass is 401 g/mol. The first-order valence-electron chi connectivity index (χ1n) is 4.15. The van der Waals surface area contributed by atoms with E-state index in [0.717, 1.165) is 6.54 Å². The second-order valence-corrected chi connectivity index (χ2v) is 2.65. The molecule has 0 aliphatic heterocycles. The molecule has 0 spiro atoms. The van der Waals surface area contributed by atoms with E-state index in [9.17, 15) is 0 Å². The van der Waals surface area contributed by atoms with Crippen LogP contribution in [0.15, 0.2) is 12.4 Å². The fourth-order valence-electron chi connectivity index (χ4n) is 1.08. The molecule has 0 atom stereocenters. The van der Waals surface area contributed by atoms with Crippen molar-refractivity contribution in [2.24, 2.45) is 7.05 Å². The van der Waals surface area contributed by atoms with E-state index in [0.29, 0.717) is 0 Å². The van der Waals surface area contributed by atoms with Gasteiger partial charge in [-0.25, -0.2) is 9.13 Å². The van der Waals surface area contributed by atoms with Crippen LogP contribution in [0.25, 0.3) is 0 Å². The van der Waals surface area contributed by atoms with E-state index >= 15 is 0 Å². The fraction of sp³-hybridized carbons (Fsp3) is 0.625. The zero-order chi connectivity index (χ0) is 9.56. The van der Waals surface area contributed by atoms with Gasteiger partial charge in [-0.1, -0.05) is 6.92 Å². The van der Waals surface area contributed by atoms with E-state index in [-0.39, 0.29) is 24.0 Å². The summed E-state index contributed by atoms with van der Waals surface area (Å²) in [7, 11) is 2.07. The van der Waals surface area contributed by atoms with E-state index in [4.69, 9.17) is 0 Å². The predicted molar refractivity (Wildman–Crippen MR) is 75.8 cm³/mol. The van der Waals surface area contributed by atoms with Crippen LogP contribution in [0, 0.1) is 6.92 Å². The summed E-state index contributed by atoms with van der Waals surface area (Å²) in [6, 6.07) is 0. The third-order valence-electron chi connectivity index (χ3n) is 1.86. The molecule has 0 N–H and O–H groups in total. The van der Waals surface area contributed by atoms with Gasteiger partial charge in [0.15, 0.2) is 0 Å². The van der Waals surface area contributed by atoms with Crippen LogP contribution in [0.2, 0.25) is 0 Å². The van der Waals surface area contributed by atoms with Crippen LogP contribution in [0.5, 0.6) is 0 Å². The summed E-state index contributed by atoms with van der Waals surface area (Å²) in [4.78, 5) is 0. The van der Waals surface area contributed by atoms with Gasteiger partial charge >= 0.3 is 34.2 Å². The topological polar surface area (TPSA) is 8.81 Å². The van der Waals surface area contributed by atoms with Crippen molar-refractivity contribution in [1.29, 1.82) is 0 Å². The summed E-state index contributed by atoms with van der Waals surface area (Å²) in [6.45, 7) is 5.46. The predicted octanol–water partition coefficient (Wildman–Crippen LogP) is 2.15. The maximum absolute atomic E-state index is 2.26. The summed E-state index contributed by atoms with van der Waals surface area (Å²) in [5.74, 6) is 1.32. The van der Waals surface area contributed by atoms with Crippen molar-refractivity contribution in [1.82, 2.24) is 4.57 Å². The third kappa shape index (κ3) is 5.65. The van der Waals surface area contributed by atoms with Gasteiger partial charge in [-0.3, -0.25) is 0 Å². The Balaban J connectivity index is 0. The molecule has 1 rings (SSSR count). The second kappa shape index (κ2) is 9.81. The van der Waals surface area contributed by atoms with E-state index in [2.05, 4.69) is 62.3 Å². The van der Waals surface area contributed by atoms with E-state index < -0.39 is 0 Å². The van der Waals surface area contributed by atoms with Gasteiger partial charge in [0.25, 0.3) is 5.82 Å². The molecule has 13 heavy (non-hydrogen) atoms. The Bertz CT molecular complexity index is 226. The summed E-state index contributed by atoms with van der Waals surface area (Å²) in [5.41, 5.74) is 0. The molecule has 0 saturated carbocycles. The van der Waals surface area contributed by atoms with Crippen LogP contribution in [-0.2, 0) is 13.6 Å². The number of aryl methyl sites for hydroxylation is 2. The van der Waals surface area contributed by atoms with Crippen molar-refractivity contribution < 1.29 is 4.57 Å². The number of aromatic nitrogens is 2. The molecule has 0 bridgehead atoms. The Kier molecular flexibility index (Phi) is 12.6. The van der Waals surface area contributed by atoms with Crippen molar-refractivity contribution >= 4 is 58.1 Å². The first-order chi connectivity index (χ1) is 5.75. The van der Waals surface area contributed by atoms with E-state index in [1.807, 2.05) is 14.3 Å². The Morgan fingerprint density at radius 2 is 2.08 bits per heavy atom. The van der Waals surface area contributed by atoms with E-state index in [1.165, 1.54) is 12.2 Å². The number of hydrogen-bond acceptors (Lipinski definition) is 0. The van der Waals surface area contributed by atoms with E-state index in [1.54, 1.807) is 0 Å². The first kappa shape index (κ1) is 16.7. The summed E-state index contributed by atoms with van der Waals surface area (Å²) >= 11 is 4.12. The van der Waals surface area contributed by atoms with Crippen LogP contribution in [0.4, 0.5) is 0 Å². The van der Waals surface area contributed by atoms with Gasteiger partial charge in [0, 0.05) is 6.92 Å². The molecule has 0 unspecified atom stereocenters. The molecule has 1 aromatic heterocycles. The van der Waals surface area contributed by atoms with Crippen molar-refractivity contribution in [3.05, 3.63) is 18.2 Å². The van der Waals surface area contributed by atoms with Crippen LogP contribution < -0.4 is 4.57 Å². The molecule has 0 aliphatic carbocycles. The van der Waals surface area contributed by atoms with Crippen LogP contribution >= 0.6 is 43.9 Å². The minimum atomic E-state index is 0. The molecule has 0 amide bonds. The molecule has 72 valence electrons. The summed E-state index contributed by atoms with van der Waals surface area (Å²) < 4.78 is 4.40. The average molecular weight is 401 g/mol. The number of imidazole rings is 1. The molecule has 5 heteroatoms. The maximum atomic E-state index is 2.26. The van der Waals surface area contributed by atoms with Gasteiger partial charge in [0.05, 0.1) is 13.6 Å². The van der Waals surface area contributed by atoms with Crippen LogP contribution in [-0.4, -0.2) is 18.8 Å². The van der Waals surface area contributed by atoms with Crippen molar-refractivity contribution in [3.63, 3.8) is 0 Å². The molecule has 0 aromatic carbocycles. The minimum absolute atomic E-state index is 0. The van der Waals surface area contributed by atoms with Gasteiger partial charge in [0.2, 0.25) is 0 Å². The average Bonchev–Trinajstić information content (AvgIpc) is 2.41. The Labute approximate surface area is 118 Å².